The zero-order chi connectivity index (χ0) is 15.6. The van der Waals surface area contributed by atoms with Crippen molar-refractivity contribution in [2.24, 2.45) is 0 Å². The lowest BCUT2D eigenvalue weighted by molar-refractivity contribution is 0.101. The highest BCUT2D eigenvalue weighted by Crippen LogP contribution is 2.25. The summed E-state index contributed by atoms with van der Waals surface area (Å²) in [5.74, 6) is -0.108. The fraction of sp³-hybridized carbons (Fsp3) is 0.312. The fourth-order valence-corrected chi connectivity index (χ4v) is 2.65. The van der Waals surface area contributed by atoms with Gasteiger partial charge >= 0.3 is 0 Å². The molecule has 1 N–H and O–H groups in total. The van der Waals surface area contributed by atoms with Crippen LogP contribution in [0, 0.1) is 0 Å². The van der Waals surface area contributed by atoms with Crippen molar-refractivity contribution in [2.75, 3.05) is 24.3 Å². The van der Waals surface area contributed by atoms with Crippen LogP contribution in [-0.2, 0) is 0 Å². The van der Waals surface area contributed by atoms with Gasteiger partial charge < -0.3 is 14.8 Å². The summed E-state index contributed by atoms with van der Waals surface area (Å²) in [5, 5.41) is 2.99. The Balaban J connectivity index is 2.31. The van der Waals surface area contributed by atoms with E-state index in [1.807, 2.05) is 60.1 Å². The Morgan fingerprint density at radius 2 is 1.95 bits per heavy atom. The lowest BCUT2D eigenvalue weighted by Gasteiger charge is -2.18. The molecule has 0 aliphatic heterocycles. The first kappa shape index (κ1) is 15.6. The number of nitrogens with zero attached hydrogens (tertiary/aromatic N) is 2. The Bertz CT molecular complexity index is 647. The molecular formula is C16H20BrN3O. The van der Waals surface area contributed by atoms with E-state index < -0.39 is 0 Å². The first-order chi connectivity index (χ1) is 9.90. The van der Waals surface area contributed by atoms with Crippen molar-refractivity contribution in [1.29, 1.82) is 0 Å². The molecule has 1 heterocycles. The summed E-state index contributed by atoms with van der Waals surface area (Å²) >= 11 is 3.43. The first-order valence-electron chi connectivity index (χ1n) is 6.85. The molecular weight excluding hydrogens is 330 g/mol. The molecule has 0 unspecified atom stereocenters. The van der Waals surface area contributed by atoms with Crippen molar-refractivity contribution in [3.05, 3.63) is 46.7 Å². The maximum absolute atomic E-state index is 12.6. The number of hydrogen-bond donors (Lipinski definition) is 1. The number of aromatic nitrogens is 1. The molecule has 0 aliphatic rings. The average Bonchev–Trinajstić information content (AvgIpc) is 2.81. The quantitative estimate of drug-likeness (QED) is 0.900. The second-order valence-electron chi connectivity index (χ2n) is 5.41. The molecule has 0 aliphatic carbocycles. The van der Waals surface area contributed by atoms with Crippen LogP contribution in [0.4, 0.5) is 11.4 Å². The van der Waals surface area contributed by atoms with Gasteiger partial charge in [-0.25, -0.2) is 0 Å². The van der Waals surface area contributed by atoms with Crippen LogP contribution in [0.3, 0.4) is 0 Å². The van der Waals surface area contributed by atoms with Crippen molar-refractivity contribution >= 4 is 33.2 Å². The molecule has 4 nitrogen and oxygen atoms in total. The van der Waals surface area contributed by atoms with Gasteiger partial charge in [0.15, 0.2) is 0 Å². The second-order valence-corrected chi connectivity index (χ2v) is 6.33. The number of para-hydroxylation sites is 2. The second kappa shape index (κ2) is 6.35. The van der Waals surface area contributed by atoms with E-state index in [1.165, 1.54) is 0 Å². The summed E-state index contributed by atoms with van der Waals surface area (Å²) in [6, 6.07) is 9.82. The largest absolute Gasteiger partial charge is 0.376 e. The van der Waals surface area contributed by atoms with Crippen LogP contribution < -0.4 is 10.2 Å². The monoisotopic (exact) mass is 349 g/mol. The van der Waals surface area contributed by atoms with E-state index in [1.54, 1.807) is 0 Å². The number of halogens is 1. The van der Waals surface area contributed by atoms with E-state index in [9.17, 15) is 4.79 Å². The Hall–Kier alpha value is -1.75. The van der Waals surface area contributed by atoms with Gasteiger partial charge in [-0.1, -0.05) is 12.1 Å². The highest BCUT2D eigenvalue weighted by molar-refractivity contribution is 9.10. The highest BCUT2D eigenvalue weighted by atomic mass is 79.9. The Morgan fingerprint density at radius 1 is 1.29 bits per heavy atom. The lowest BCUT2D eigenvalue weighted by atomic mass is 10.2. The fourth-order valence-electron chi connectivity index (χ4n) is 2.21. The van der Waals surface area contributed by atoms with Gasteiger partial charge in [0.25, 0.3) is 5.91 Å². The van der Waals surface area contributed by atoms with Crippen molar-refractivity contribution in [2.45, 2.75) is 19.9 Å². The number of amides is 1. The third kappa shape index (κ3) is 3.47. The molecule has 0 fully saturated rings. The molecule has 1 aromatic carbocycles. The van der Waals surface area contributed by atoms with Crippen molar-refractivity contribution in [3.63, 3.8) is 0 Å². The van der Waals surface area contributed by atoms with E-state index in [4.69, 9.17) is 0 Å². The van der Waals surface area contributed by atoms with E-state index >= 15 is 0 Å². The molecule has 1 aromatic heterocycles. The van der Waals surface area contributed by atoms with Crippen molar-refractivity contribution in [1.82, 2.24) is 4.57 Å². The minimum Gasteiger partial charge on any atom is -0.376 e. The molecule has 1 amide bonds. The predicted molar refractivity (Wildman–Crippen MR) is 91.2 cm³/mol. The number of nitrogens with one attached hydrogen (secondary N) is 1. The number of benzene rings is 1. The summed E-state index contributed by atoms with van der Waals surface area (Å²) in [6.45, 7) is 4.11. The topological polar surface area (TPSA) is 37.3 Å². The summed E-state index contributed by atoms with van der Waals surface area (Å²) < 4.78 is 2.86. The Labute approximate surface area is 133 Å². The Kier molecular flexibility index (Phi) is 4.73. The van der Waals surface area contributed by atoms with Gasteiger partial charge in [0.1, 0.15) is 5.69 Å². The molecule has 0 spiro atoms. The highest BCUT2D eigenvalue weighted by Gasteiger charge is 2.16. The van der Waals surface area contributed by atoms with Gasteiger partial charge in [0.05, 0.1) is 11.4 Å². The summed E-state index contributed by atoms with van der Waals surface area (Å²) in [5.41, 5.74) is 2.43. The molecule has 0 bridgehead atoms. The third-order valence-electron chi connectivity index (χ3n) is 3.24. The van der Waals surface area contributed by atoms with E-state index in [-0.39, 0.29) is 11.9 Å². The van der Waals surface area contributed by atoms with E-state index in [2.05, 4.69) is 35.1 Å². The van der Waals surface area contributed by atoms with Crippen LogP contribution >= 0.6 is 15.9 Å². The predicted octanol–water partition coefficient (Wildman–Crippen LogP) is 4.15. The molecule has 5 heteroatoms. The number of rotatable bonds is 4. The number of carbonyl (C=O) groups is 1. The smallest absolute Gasteiger partial charge is 0.272 e. The molecule has 2 aromatic rings. The molecule has 0 saturated heterocycles. The molecule has 112 valence electrons. The molecule has 0 saturated carbocycles. The molecule has 0 radical (unpaired) electrons. The normalized spacial score (nSPS) is 10.8. The van der Waals surface area contributed by atoms with Crippen LogP contribution in [-0.4, -0.2) is 24.6 Å². The average molecular weight is 350 g/mol. The zero-order valence-electron chi connectivity index (χ0n) is 12.7. The number of hydrogen-bond acceptors (Lipinski definition) is 2. The zero-order valence-corrected chi connectivity index (χ0v) is 14.3. The van der Waals surface area contributed by atoms with E-state index in [0.29, 0.717) is 5.69 Å². The standard InChI is InChI=1S/C16H20BrN3O/c1-11(2)20-10-12(17)9-15(20)16(21)18-13-7-5-6-8-14(13)19(3)4/h5-11H,1-4H3,(H,18,21). The molecule has 2 rings (SSSR count). The van der Waals surface area contributed by atoms with Gasteiger partial charge in [-0.3, -0.25) is 4.79 Å². The maximum atomic E-state index is 12.6. The van der Waals surface area contributed by atoms with Gasteiger partial charge in [-0.05, 0) is 48.0 Å². The third-order valence-corrected chi connectivity index (χ3v) is 3.67. The summed E-state index contributed by atoms with van der Waals surface area (Å²) in [7, 11) is 3.91. The van der Waals surface area contributed by atoms with Crippen LogP contribution in [0.2, 0.25) is 0 Å². The summed E-state index contributed by atoms with van der Waals surface area (Å²) in [6.07, 6.45) is 1.93. The van der Waals surface area contributed by atoms with E-state index in [0.717, 1.165) is 15.8 Å². The minimum absolute atomic E-state index is 0.108. The van der Waals surface area contributed by atoms with Crippen LogP contribution in [0.25, 0.3) is 0 Å². The van der Waals surface area contributed by atoms with Crippen molar-refractivity contribution < 1.29 is 4.79 Å². The minimum atomic E-state index is -0.108. The van der Waals surface area contributed by atoms with Gasteiger partial charge in [0, 0.05) is 30.8 Å². The van der Waals surface area contributed by atoms with Crippen LogP contribution in [0.1, 0.15) is 30.4 Å². The molecule has 0 atom stereocenters. The van der Waals surface area contributed by atoms with Gasteiger partial charge in [-0.15, -0.1) is 0 Å². The van der Waals surface area contributed by atoms with Gasteiger partial charge in [-0.2, -0.15) is 0 Å². The molecule has 21 heavy (non-hydrogen) atoms. The number of anilines is 2. The van der Waals surface area contributed by atoms with Crippen LogP contribution in [0.15, 0.2) is 41.0 Å². The van der Waals surface area contributed by atoms with Crippen molar-refractivity contribution in [3.8, 4) is 0 Å². The van der Waals surface area contributed by atoms with Crippen LogP contribution in [0.5, 0.6) is 0 Å². The summed E-state index contributed by atoms with van der Waals surface area (Å²) in [4.78, 5) is 14.5. The Morgan fingerprint density at radius 3 is 2.57 bits per heavy atom. The lowest BCUT2D eigenvalue weighted by Crippen LogP contribution is -2.20. The SMILES string of the molecule is CC(C)n1cc(Br)cc1C(=O)Nc1ccccc1N(C)C. The first-order valence-corrected chi connectivity index (χ1v) is 7.64. The maximum Gasteiger partial charge on any atom is 0.272 e. The van der Waals surface area contributed by atoms with Gasteiger partial charge in [0.2, 0.25) is 0 Å². The number of carbonyl (C=O) groups excluding carboxylic acids is 1.